The Labute approximate surface area is 321 Å². The molecular weight excluding hydrogens is 1490 g/mol. The Balaban J connectivity index is -0.0000000114. The number of rotatable bonds is 0. The zero-order valence-electron chi connectivity index (χ0n) is 18.4. The van der Waals surface area contributed by atoms with Gasteiger partial charge in [0.25, 0.3) is 0 Å². The van der Waals surface area contributed by atoms with Crippen LogP contribution in [0.5, 0.6) is 0 Å². The maximum atomic E-state index is 8.42. The van der Waals surface area contributed by atoms with Crippen LogP contribution >= 0.6 is 0 Å². The van der Waals surface area contributed by atoms with E-state index in [0.29, 0.717) is 0 Å². The first-order valence-electron chi connectivity index (χ1n) is 5.66. The molecule has 0 heterocycles. The molecule has 0 aromatic rings. The van der Waals surface area contributed by atoms with E-state index in [1.807, 2.05) is 0 Å². The molecule has 0 saturated heterocycles. The van der Waals surface area contributed by atoms with Crippen LogP contribution in [0.4, 0.5) is 0 Å². The van der Waals surface area contributed by atoms with Crippen molar-refractivity contribution in [2.24, 2.45) is 0 Å². The van der Waals surface area contributed by atoms with E-state index < -0.39 is 58.6 Å². The van der Waals surface area contributed by atoms with Crippen LogP contribution in [0.25, 0.3) is 0 Å². The molecule has 0 aliphatic heterocycles. The van der Waals surface area contributed by atoms with Crippen molar-refractivity contribution in [3.05, 3.63) is 0 Å². The van der Waals surface area contributed by atoms with E-state index in [-0.39, 0.29) is 146 Å². The Hall–Kier alpha value is 3.61. The molecule has 0 aliphatic rings. The van der Waals surface area contributed by atoms with Crippen LogP contribution in [0.3, 0.4) is 0 Å². The van der Waals surface area contributed by atoms with E-state index in [4.69, 9.17) is 121 Å². The third-order valence-corrected chi connectivity index (χ3v) is 0. The third-order valence-electron chi connectivity index (χ3n) is 0. The van der Waals surface area contributed by atoms with Gasteiger partial charge in [-0.1, -0.05) is 0 Å². The standard InChI is InChI=1S/8BO3.4H2O.4U/c8*2-1(3)4;;;;;;;;/h;;;;;;;;4*1H2;;;;/q8*-3;;;;;;;;. The van der Waals surface area contributed by atoms with Crippen molar-refractivity contribution in [2.45, 2.75) is 0 Å². The van der Waals surface area contributed by atoms with Crippen LogP contribution in [0.1, 0.15) is 0 Å². The predicted molar refractivity (Wildman–Crippen MR) is 60.5 cm³/mol. The largest absolute Gasteiger partial charge is 0.907 e. The molecule has 240 valence electrons. The molecular formula is H8B8O28U4-24. The Kier molecular flexibility index (Phi) is 251. The van der Waals surface area contributed by atoms with Crippen LogP contribution in [0.2, 0.25) is 0 Å². The molecule has 0 fully saturated rings. The first-order chi connectivity index (χ1) is 13.9. The van der Waals surface area contributed by atoms with Crippen LogP contribution < -0.4 is 121 Å². The molecule has 0 spiro atoms. The molecule has 0 aromatic heterocycles. The van der Waals surface area contributed by atoms with Gasteiger partial charge < -0.3 is 142 Å². The normalized spacial score (nSPS) is 5.40. The van der Waals surface area contributed by atoms with Gasteiger partial charge in [0.1, 0.15) is 0 Å². The number of hydrogen-bond acceptors (Lipinski definition) is 24. The fourth-order valence-electron chi connectivity index (χ4n) is 0. The smallest absolute Gasteiger partial charge is 0 e. The van der Waals surface area contributed by atoms with Gasteiger partial charge in [-0.3, -0.25) is 58.6 Å². The van der Waals surface area contributed by atoms with Gasteiger partial charge in [0.2, 0.25) is 0 Å². The zero-order valence-corrected chi connectivity index (χ0v) is 35.1. The Morgan fingerprint density at radius 2 is 0.150 bits per heavy atom. The SMILES string of the molecule is O.O.O.O.[O-]B([O-])[O-].[O-]B([O-])[O-].[O-]B([O-])[O-].[O-]B([O-])[O-].[O-]B([O-])[O-].[O-]B([O-])[O-].[O-]B([O-])[O-].[O-]B([O-])[O-].[U].[U].[U].[U]. The van der Waals surface area contributed by atoms with Gasteiger partial charge in [-0.05, 0) is 0 Å². The average molecular weight is 1490 g/mol. The molecule has 28 nitrogen and oxygen atoms in total. The maximum absolute atomic E-state index is 8.42. The van der Waals surface area contributed by atoms with E-state index >= 15 is 0 Å². The van der Waals surface area contributed by atoms with Crippen molar-refractivity contribution < 1.29 is 267 Å². The Morgan fingerprint density at radius 3 is 0.150 bits per heavy atom. The Bertz CT molecular complexity index is 156. The average Bonchev–Trinajstić information content (AvgIpc) is 2.30. The van der Waals surface area contributed by atoms with Crippen molar-refractivity contribution in [3.63, 3.8) is 0 Å². The molecule has 0 aliphatic carbocycles. The van der Waals surface area contributed by atoms with Crippen LogP contribution in [-0.2, 0) is 0 Å². The summed E-state index contributed by atoms with van der Waals surface area (Å²) in [6.45, 7) is 0. The van der Waals surface area contributed by atoms with Gasteiger partial charge in [-0.2, -0.15) is 0 Å². The molecule has 0 saturated carbocycles. The first kappa shape index (κ1) is 104. The molecule has 0 amide bonds. The van der Waals surface area contributed by atoms with E-state index in [1.54, 1.807) is 0 Å². The van der Waals surface area contributed by atoms with Crippen LogP contribution in [0.15, 0.2) is 0 Å². The summed E-state index contributed by atoms with van der Waals surface area (Å²) in [5.74, 6) is 0. The molecule has 40 heteroatoms. The second-order valence-corrected chi connectivity index (χ2v) is 2.31. The van der Waals surface area contributed by atoms with Gasteiger partial charge >= 0.3 is 0 Å². The van der Waals surface area contributed by atoms with Gasteiger partial charge in [0, 0.05) is 124 Å². The van der Waals surface area contributed by atoms with Crippen molar-refractivity contribution in [3.8, 4) is 0 Å². The molecule has 0 radical (unpaired) electrons. The molecule has 0 rings (SSSR count). The summed E-state index contributed by atoms with van der Waals surface area (Å²) in [5.41, 5.74) is 0. The van der Waals surface area contributed by atoms with Gasteiger partial charge in [0.05, 0.1) is 0 Å². The predicted octanol–water partition coefficient (Wildman–Crippen LogP) is -34.9. The molecule has 40 heavy (non-hydrogen) atoms. The molecule has 0 aromatic carbocycles. The summed E-state index contributed by atoms with van der Waals surface area (Å²) >= 11 is 0. The maximum Gasteiger partial charge on any atom is 0 e. The van der Waals surface area contributed by atoms with E-state index in [0.717, 1.165) is 0 Å². The monoisotopic (exact) mass is 1500 g/mol. The molecule has 0 bridgehead atoms. The second-order valence-electron chi connectivity index (χ2n) is 2.31. The summed E-state index contributed by atoms with van der Waals surface area (Å²) in [7, 11) is -23.3. The minimum absolute atomic E-state index is 0. The fourth-order valence-corrected chi connectivity index (χ4v) is 0. The molecule has 8 N–H and O–H groups in total. The summed E-state index contributed by atoms with van der Waals surface area (Å²) in [5, 5.41) is 202. The summed E-state index contributed by atoms with van der Waals surface area (Å²) in [6.07, 6.45) is 0. The zero-order chi connectivity index (χ0) is 28.6. The quantitative estimate of drug-likeness (QED) is 0.203. The van der Waals surface area contributed by atoms with E-state index in [2.05, 4.69) is 0 Å². The molecule has 0 unspecified atom stereocenters. The van der Waals surface area contributed by atoms with Crippen LogP contribution in [-0.4, -0.2) is 80.5 Å². The topological polar surface area (TPSA) is 679 Å². The minimum Gasteiger partial charge on any atom is -0.907 e. The van der Waals surface area contributed by atoms with Crippen molar-refractivity contribution >= 4 is 58.6 Å². The van der Waals surface area contributed by atoms with E-state index in [9.17, 15) is 0 Å². The van der Waals surface area contributed by atoms with Gasteiger partial charge in [0.15, 0.2) is 0 Å². The minimum atomic E-state index is -2.92. The van der Waals surface area contributed by atoms with E-state index in [1.165, 1.54) is 0 Å². The van der Waals surface area contributed by atoms with Gasteiger partial charge in [-0.15, -0.1) is 0 Å². The summed E-state index contributed by atoms with van der Waals surface area (Å²) in [6, 6.07) is 0. The van der Waals surface area contributed by atoms with Gasteiger partial charge in [-0.25, -0.2) is 0 Å². The fraction of sp³-hybridized carbons (Fsp3) is 0. The van der Waals surface area contributed by atoms with Crippen LogP contribution in [0, 0.1) is 124 Å². The van der Waals surface area contributed by atoms with Crippen molar-refractivity contribution in [1.82, 2.24) is 0 Å². The first-order valence-corrected chi connectivity index (χ1v) is 5.66. The Morgan fingerprint density at radius 1 is 0.150 bits per heavy atom. The van der Waals surface area contributed by atoms with Crippen molar-refractivity contribution in [1.29, 1.82) is 0 Å². The number of hydrogen-bond donors (Lipinski definition) is 0. The van der Waals surface area contributed by atoms with Crippen molar-refractivity contribution in [2.75, 3.05) is 0 Å². The summed E-state index contributed by atoms with van der Waals surface area (Å²) in [4.78, 5) is 0. The summed E-state index contributed by atoms with van der Waals surface area (Å²) < 4.78 is 0. The third kappa shape index (κ3) is 5270. The molecule has 0 atom stereocenters. The second kappa shape index (κ2) is 96.8.